The lowest BCUT2D eigenvalue weighted by Gasteiger charge is -2.32. The van der Waals surface area contributed by atoms with Crippen LogP contribution in [0.3, 0.4) is 0 Å². The van der Waals surface area contributed by atoms with Gasteiger partial charge in [-0.05, 0) is 6.92 Å². The molecule has 1 aliphatic rings. The van der Waals surface area contributed by atoms with Crippen LogP contribution >= 0.6 is 0 Å². The topological polar surface area (TPSA) is 68.5 Å². The number of carbonyl (C=O) groups excluding carboxylic acids is 1. The Hall–Kier alpha value is -1.38. The quantitative estimate of drug-likeness (QED) is 0.490. The minimum absolute atomic E-state index is 0.0447. The van der Waals surface area contributed by atoms with Crippen molar-refractivity contribution in [2.45, 2.75) is 25.9 Å². The molecule has 0 saturated carbocycles. The molecule has 0 bridgehead atoms. The molecular formula is C9H11NO4. The number of hydrogen-bond acceptors (Lipinski definition) is 5. The van der Waals surface area contributed by atoms with Gasteiger partial charge in [0.2, 0.25) is 0 Å². The molecule has 1 aliphatic heterocycles. The highest BCUT2D eigenvalue weighted by Gasteiger charge is 2.29. The molecule has 1 heterocycles. The van der Waals surface area contributed by atoms with Crippen molar-refractivity contribution in [3.8, 4) is 6.07 Å². The maximum atomic E-state index is 11.0. The number of carbonyl (C=O) groups is 1. The molecular weight excluding hydrogens is 186 g/mol. The second kappa shape index (κ2) is 4.74. The van der Waals surface area contributed by atoms with Gasteiger partial charge in [-0.3, -0.25) is 4.79 Å². The molecule has 0 radical (unpaired) electrons. The zero-order valence-corrected chi connectivity index (χ0v) is 7.86. The lowest BCUT2D eigenvalue weighted by atomic mass is 10.3. The normalized spacial score (nSPS) is 24.6. The van der Waals surface area contributed by atoms with Crippen LogP contribution in [0.5, 0.6) is 0 Å². The Morgan fingerprint density at radius 3 is 2.79 bits per heavy atom. The smallest absolute Gasteiger partial charge is 0.311 e. The summed E-state index contributed by atoms with van der Waals surface area (Å²) in [6.45, 7) is 5.03. The van der Waals surface area contributed by atoms with E-state index < -0.39 is 12.3 Å². The van der Waals surface area contributed by atoms with Gasteiger partial charge < -0.3 is 14.2 Å². The van der Waals surface area contributed by atoms with E-state index in [-0.39, 0.29) is 24.9 Å². The molecule has 0 atom stereocenters. The number of rotatable bonds is 4. The van der Waals surface area contributed by atoms with Crippen LogP contribution in [0.4, 0.5) is 0 Å². The van der Waals surface area contributed by atoms with Gasteiger partial charge in [-0.15, -0.1) is 0 Å². The van der Waals surface area contributed by atoms with E-state index in [4.69, 9.17) is 19.5 Å². The summed E-state index contributed by atoms with van der Waals surface area (Å²) in [6, 6.07) is 1.77. The summed E-state index contributed by atoms with van der Waals surface area (Å²) in [5.74, 6) is -0.460. The maximum Gasteiger partial charge on any atom is 0.311 e. The van der Waals surface area contributed by atoms with E-state index in [2.05, 4.69) is 6.58 Å². The number of nitriles is 1. The van der Waals surface area contributed by atoms with Crippen molar-refractivity contribution in [1.82, 2.24) is 0 Å². The summed E-state index contributed by atoms with van der Waals surface area (Å²) in [5, 5.41) is 8.33. The second-order valence-corrected chi connectivity index (χ2v) is 2.85. The Morgan fingerprint density at radius 2 is 2.29 bits per heavy atom. The molecule has 0 amide bonds. The lowest BCUT2D eigenvalue weighted by Crippen LogP contribution is -2.40. The number of hydrogen-bond donors (Lipinski definition) is 0. The minimum atomic E-state index is -0.507. The van der Waals surface area contributed by atoms with Crippen LogP contribution in [0.2, 0.25) is 0 Å². The van der Waals surface area contributed by atoms with Gasteiger partial charge in [0.1, 0.15) is 6.61 Å². The third-order valence-electron chi connectivity index (χ3n) is 1.59. The fourth-order valence-corrected chi connectivity index (χ4v) is 0.929. The van der Waals surface area contributed by atoms with E-state index in [1.165, 1.54) is 0 Å². The molecule has 0 aromatic carbocycles. The van der Waals surface area contributed by atoms with Crippen LogP contribution in [-0.4, -0.2) is 25.2 Å². The predicted octanol–water partition coefficient (Wildman–Crippen LogP) is 0.718. The average molecular weight is 197 g/mol. The molecule has 1 saturated heterocycles. The SMILES string of the molecule is C=C(C#N)COC(=O)CC1OC(C)O1. The molecule has 0 aromatic rings. The number of nitrogens with zero attached hydrogens (tertiary/aromatic N) is 1. The Morgan fingerprint density at radius 1 is 1.64 bits per heavy atom. The predicted molar refractivity (Wildman–Crippen MR) is 45.7 cm³/mol. The average Bonchev–Trinajstić information content (AvgIpc) is 2.11. The summed E-state index contributed by atoms with van der Waals surface area (Å²) in [4.78, 5) is 11.0. The fourth-order valence-electron chi connectivity index (χ4n) is 0.929. The van der Waals surface area contributed by atoms with Crippen LogP contribution < -0.4 is 0 Å². The summed E-state index contributed by atoms with van der Waals surface area (Å²) in [5.41, 5.74) is 0.210. The van der Waals surface area contributed by atoms with Crippen LogP contribution in [0.25, 0.3) is 0 Å². The molecule has 1 rings (SSSR count). The van der Waals surface area contributed by atoms with Gasteiger partial charge in [0, 0.05) is 0 Å². The first kappa shape index (κ1) is 10.7. The molecule has 0 N–H and O–H groups in total. The fraction of sp³-hybridized carbons (Fsp3) is 0.556. The number of esters is 1. The summed E-state index contributed by atoms with van der Waals surface area (Å²) in [7, 11) is 0. The van der Waals surface area contributed by atoms with Gasteiger partial charge in [-0.1, -0.05) is 6.58 Å². The maximum absolute atomic E-state index is 11.0. The molecule has 1 fully saturated rings. The van der Waals surface area contributed by atoms with E-state index in [9.17, 15) is 4.79 Å². The third-order valence-corrected chi connectivity index (χ3v) is 1.59. The van der Waals surface area contributed by atoms with Crippen LogP contribution in [0, 0.1) is 11.3 Å². The number of ether oxygens (including phenoxy) is 3. The molecule has 0 spiro atoms. The highest BCUT2D eigenvalue weighted by Crippen LogP contribution is 2.18. The molecule has 76 valence electrons. The zero-order chi connectivity index (χ0) is 10.6. The van der Waals surface area contributed by atoms with Gasteiger partial charge in [-0.2, -0.15) is 5.26 Å². The van der Waals surface area contributed by atoms with E-state index in [1.807, 2.05) is 0 Å². The van der Waals surface area contributed by atoms with Crippen molar-refractivity contribution in [2.75, 3.05) is 6.61 Å². The van der Waals surface area contributed by atoms with Crippen molar-refractivity contribution in [3.05, 3.63) is 12.2 Å². The minimum Gasteiger partial charge on any atom is -0.460 e. The molecule has 0 unspecified atom stereocenters. The first-order chi connectivity index (χ1) is 6.61. The largest absolute Gasteiger partial charge is 0.460 e. The molecule has 5 nitrogen and oxygen atoms in total. The lowest BCUT2D eigenvalue weighted by molar-refractivity contribution is -0.374. The highest BCUT2D eigenvalue weighted by molar-refractivity contribution is 5.70. The Kier molecular flexibility index (Phi) is 3.63. The van der Waals surface area contributed by atoms with Crippen LogP contribution in [0.15, 0.2) is 12.2 Å². The monoisotopic (exact) mass is 197 g/mol. The molecule has 0 aliphatic carbocycles. The van der Waals surface area contributed by atoms with Crippen molar-refractivity contribution in [3.63, 3.8) is 0 Å². The van der Waals surface area contributed by atoms with E-state index in [1.54, 1.807) is 13.0 Å². The van der Waals surface area contributed by atoms with E-state index in [0.717, 1.165) is 0 Å². The third kappa shape index (κ3) is 3.17. The van der Waals surface area contributed by atoms with Gasteiger partial charge >= 0.3 is 5.97 Å². The Balaban J connectivity index is 2.11. The van der Waals surface area contributed by atoms with Crippen LogP contribution in [-0.2, 0) is 19.0 Å². The standard InChI is InChI=1S/C9H11NO4/c1-6(4-10)5-12-8(11)3-9-13-7(2)14-9/h7,9H,1,3,5H2,2H3. The first-order valence-electron chi connectivity index (χ1n) is 4.16. The molecule has 14 heavy (non-hydrogen) atoms. The van der Waals surface area contributed by atoms with Crippen molar-refractivity contribution >= 4 is 5.97 Å². The van der Waals surface area contributed by atoms with Crippen molar-refractivity contribution in [2.24, 2.45) is 0 Å². The highest BCUT2D eigenvalue weighted by atomic mass is 16.9. The first-order valence-corrected chi connectivity index (χ1v) is 4.16. The zero-order valence-electron chi connectivity index (χ0n) is 7.86. The summed E-state index contributed by atoms with van der Waals surface area (Å²) < 4.78 is 14.8. The Labute approximate surface area is 81.9 Å². The van der Waals surface area contributed by atoms with Crippen LogP contribution in [0.1, 0.15) is 13.3 Å². The summed E-state index contributed by atoms with van der Waals surface area (Å²) in [6.07, 6.45) is -0.710. The van der Waals surface area contributed by atoms with Gasteiger partial charge in [0.25, 0.3) is 0 Å². The molecule has 0 aromatic heterocycles. The van der Waals surface area contributed by atoms with Gasteiger partial charge in [0.15, 0.2) is 12.6 Å². The van der Waals surface area contributed by atoms with Crippen molar-refractivity contribution < 1.29 is 19.0 Å². The van der Waals surface area contributed by atoms with E-state index >= 15 is 0 Å². The Bertz CT molecular complexity index is 275. The summed E-state index contributed by atoms with van der Waals surface area (Å²) >= 11 is 0. The molecule has 5 heteroatoms. The van der Waals surface area contributed by atoms with E-state index in [0.29, 0.717) is 0 Å². The van der Waals surface area contributed by atoms with Gasteiger partial charge in [-0.25, -0.2) is 0 Å². The second-order valence-electron chi connectivity index (χ2n) is 2.85. The van der Waals surface area contributed by atoms with Gasteiger partial charge in [0.05, 0.1) is 18.1 Å². The van der Waals surface area contributed by atoms with Crippen molar-refractivity contribution in [1.29, 1.82) is 5.26 Å².